The summed E-state index contributed by atoms with van der Waals surface area (Å²) in [6.45, 7) is 20.3. The van der Waals surface area contributed by atoms with Gasteiger partial charge in [0, 0.05) is 75.3 Å². The molecule has 0 bridgehead atoms. The number of cyclic esters (lactones) is 1. The topological polar surface area (TPSA) is 288 Å². The Bertz CT molecular complexity index is 2550. The summed E-state index contributed by atoms with van der Waals surface area (Å²) >= 11 is 6.57. The Labute approximate surface area is 500 Å². The number of halogens is 1. The summed E-state index contributed by atoms with van der Waals surface area (Å²) in [4.78, 5) is 56.7. The number of fused-ring (bicyclic) bond motifs is 1. The highest BCUT2D eigenvalue weighted by molar-refractivity contribution is 6.34. The average Bonchev–Trinajstić information content (AvgIpc) is 2.07. The molecule has 6 rings (SSSR count). The van der Waals surface area contributed by atoms with Gasteiger partial charge in [0.2, 0.25) is 5.43 Å². The molecule has 24 heteroatoms. The number of anilines is 1. The van der Waals surface area contributed by atoms with Gasteiger partial charge in [0.1, 0.15) is 35.1 Å². The maximum absolute atomic E-state index is 14.6. The molecule has 7 N–H and O–H groups in total. The zero-order valence-electron chi connectivity index (χ0n) is 51.8. The van der Waals surface area contributed by atoms with Gasteiger partial charge in [-0.15, -0.1) is 0 Å². The predicted octanol–water partition coefficient (Wildman–Crippen LogP) is 4.58. The molecular formula is C60H98ClN5O18. The number of nitrogens with one attached hydrogen (secondary N) is 2. The van der Waals surface area contributed by atoms with Crippen LogP contribution in [0.3, 0.4) is 0 Å². The van der Waals surface area contributed by atoms with Gasteiger partial charge in [0.25, 0.3) is 0 Å². The molecule has 2 aromatic rings. The quantitative estimate of drug-likeness (QED) is 0.0592. The van der Waals surface area contributed by atoms with Crippen molar-refractivity contribution in [2.75, 3.05) is 86.2 Å². The number of aromatic carboxylic acids is 1. The molecule has 4 fully saturated rings. The number of aliphatic hydroxyl groups excluding tert-OH is 2. The Balaban J connectivity index is 1.04. The van der Waals surface area contributed by atoms with E-state index in [4.69, 9.17) is 54.2 Å². The van der Waals surface area contributed by atoms with Crippen LogP contribution in [-0.2, 0) is 52.2 Å². The monoisotopic (exact) mass is 1210 g/mol. The zero-order chi connectivity index (χ0) is 62.2. The van der Waals surface area contributed by atoms with Gasteiger partial charge in [-0.05, 0) is 120 Å². The first-order valence-electron chi connectivity index (χ1n) is 29.9. The van der Waals surface area contributed by atoms with Crippen molar-refractivity contribution in [2.24, 2.45) is 17.8 Å². The van der Waals surface area contributed by atoms with Gasteiger partial charge >= 0.3 is 17.9 Å². The second-order valence-electron chi connectivity index (χ2n) is 24.9. The summed E-state index contributed by atoms with van der Waals surface area (Å²) in [6.07, 6.45) is -5.84. The standard InChI is InChI=1S/C60H98ClN5O18/c1-15-46-60(10,75)52(70)37(6)65(13)31-33(2)29-58(8,74)53(84-57-50(69)45(64(11)12)26-34(3)79-57)35(4)51(36(5)56(73)81-46)83-48-30-59(9,76-14)54(38(7)80-48)82-47(67)18-19-62-20-22-77-24-25-78-23-21-63-43-27-40-44(28-42(43)61)66(39-16-17-39)32-41(49(40)68)55(71)72/h27-28,32-39,45-46,48,50-54,57,62-63,69-70,74-75H,15-26,29-31H2,1-14H3,(H,71,72)/t33-,34-,35+,36-,37-,38+,45+,46-,48+,50-,51+,52-,53-,54+,57+,58-,59-,60-/m1/s1. The number of carbonyl (C=O) groups excluding carboxylic acids is 2. The van der Waals surface area contributed by atoms with Gasteiger partial charge in [-0.25, -0.2) is 4.79 Å². The highest BCUT2D eigenvalue weighted by Gasteiger charge is 2.54. The summed E-state index contributed by atoms with van der Waals surface area (Å²) in [7, 11) is 7.08. The molecule has 0 amide bonds. The molecule has 84 heavy (non-hydrogen) atoms. The van der Waals surface area contributed by atoms with Gasteiger partial charge < -0.3 is 93.2 Å². The molecule has 0 radical (unpaired) electrons. The van der Waals surface area contributed by atoms with E-state index in [-0.39, 0.29) is 60.7 Å². The Morgan fingerprint density at radius 1 is 0.905 bits per heavy atom. The van der Waals surface area contributed by atoms with Crippen molar-refractivity contribution in [1.82, 2.24) is 19.7 Å². The number of aliphatic hydroxyl groups is 4. The van der Waals surface area contributed by atoms with Gasteiger partial charge in [-0.1, -0.05) is 32.4 Å². The number of nitrogens with zero attached hydrogens (tertiary/aromatic N) is 3. The molecule has 4 heterocycles. The number of pyridine rings is 1. The van der Waals surface area contributed by atoms with Crippen LogP contribution < -0.4 is 16.1 Å². The minimum atomic E-state index is -1.87. The molecule has 0 spiro atoms. The van der Waals surface area contributed by atoms with Gasteiger partial charge in [-0.3, -0.25) is 14.4 Å². The molecule has 3 saturated heterocycles. The van der Waals surface area contributed by atoms with E-state index in [0.717, 1.165) is 12.8 Å². The summed E-state index contributed by atoms with van der Waals surface area (Å²) < 4.78 is 58.1. The van der Waals surface area contributed by atoms with E-state index in [0.29, 0.717) is 75.3 Å². The molecule has 23 nitrogen and oxygen atoms in total. The minimum absolute atomic E-state index is 0.0299. The van der Waals surface area contributed by atoms with Crippen LogP contribution in [0.15, 0.2) is 23.1 Å². The molecule has 478 valence electrons. The molecule has 3 aliphatic heterocycles. The molecule has 0 unspecified atom stereocenters. The fourth-order valence-electron chi connectivity index (χ4n) is 12.5. The second-order valence-corrected chi connectivity index (χ2v) is 25.4. The second kappa shape index (κ2) is 30.0. The summed E-state index contributed by atoms with van der Waals surface area (Å²) in [6, 6.07) is 2.51. The molecule has 4 aliphatic rings. The van der Waals surface area contributed by atoms with Crippen molar-refractivity contribution < 1.29 is 82.5 Å². The predicted molar refractivity (Wildman–Crippen MR) is 314 cm³/mol. The van der Waals surface area contributed by atoms with E-state index in [2.05, 4.69) is 10.6 Å². The first kappa shape index (κ1) is 69.5. The van der Waals surface area contributed by atoms with Gasteiger partial charge in [0.05, 0.1) is 85.0 Å². The van der Waals surface area contributed by atoms with Crippen molar-refractivity contribution in [1.29, 1.82) is 0 Å². The van der Waals surface area contributed by atoms with Crippen molar-refractivity contribution >= 4 is 46.1 Å². The fourth-order valence-corrected chi connectivity index (χ4v) is 12.7. The third-order valence-corrected chi connectivity index (χ3v) is 17.9. The average molecular weight is 1210 g/mol. The van der Waals surface area contributed by atoms with Crippen LogP contribution in [0.25, 0.3) is 10.9 Å². The summed E-state index contributed by atoms with van der Waals surface area (Å²) in [5.41, 5.74) is -4.40. The first-order chi connectivity index (χ1) is 39.5. The maximum atomic E-state index is 14.6. The van der Waals surface area contributed by atoms with Gasteiger partial charge in [-0.2, -0.15) is 0 Å². The normalized spacial score (nSPS) is 36.0. The number of carboxylic acids is 1. The van der Waals surface area contributed by atoms with Crippen molar-refractivity contribution in [3.8, 4) is 0 Å². The molecule has 1 aromatic heterocycles. The van der Waals surface area contributed by atoms with Crippen molar-refractivity contribution in [2.45, 2.75) is 211 Å². The maximum Gasteiger partial charge on any atom is 0.341 e. The SMILES string of the molecule is CC[C@H]1OC(=O)[C@H](C)[C@@H](O[C@H]2C[C@@](C)(OC)[C@@H](OC(=O)CCNCCOCCOCCNc3cc4c(=O)c(C(=O)O)cn(C5CC5)c4cc3Cl)[C@H](C)O2)[C@H](C)[C@@H](O[C@@H]2O[C@H](C)C[C@H](N(C)C)[C@H]2O)[C@](C)(O)C[C@@H](C)CN(C)[C@H](C)[C@@H](O)[C@]1(C)O. The van der Waals surface area contributed by atoms with E-state index in [9.17, 15) is 44.7 Å². The van der Waals surface area contributed by atoms with E-state index in [1.165, 1.54) is 20.2 Å². The van der Waals surface area contributed by atoms with E-state index < -0.39 is 113 Å². The Morgan fingerprint density at radius 2 is 1.57 bits per heavy atom. The highest BCUT2D eigenvalue weighted by atomic mass is 35.5. The first-order valence-corrected chi connectivity index (χ1v) is 30.3. The molecule has 18 atom stereocenters. The van der Waals surface area contributed by atoms with Crippen LogP contribution >= 0.6 is 11.6 Å². The number of likely N-dealkylation sites (N-methyl/N-ethyl adjacent to an activating group) is 2. The lowest BCUT2D eigenvalue weighted by molar-refractivity contribution is -0.318. The third-order valence-electron chi connectivity index (χ3n) is 17.6. The molecular weight excluding hydrogens is 1110 g/mol. The van der Waals surface area contributed by atoms with Crippen LogP contribution in [0.4, 0.5) is 5.69 Å². The number of methoxy groups -OCH3 is 1. The smallest absolute Gasteiger partial charge is 0.341 e. The number of hydrogen-bond acceptors (Lipinski definition) is 21. The van der Waals surface area contributed by atoms with E-state index in [1.54, 1.807) is 60.6 Å². The van der Waals surface area contributed by atoms with Crippen LogP contribution in [0.5, 0.6) is 0 Å². The number of esters is 2. The van der Waals surface area contributed by atoms with Crippen molar-refractivity contribution in [3.63, 3.8) is 0 Å². The minimum Gasteiger partial charge on any atom is -0.477 e. The number of benzene rings is 1. The number of rotatable bonds is 23. The fraction of sp³-hybridized carbons (Fsp3) is 0.800. The highest BCUT2D eigenvalue weighted by Crippen LogP contribution is 2.42. The zero-order valence-corrected chi connectivity index (χ0v) is 52.6. The van der Waals surface area contributed by atoms with Crippen LogP contribution in [0.1, 0.15) is 131 Å². The molecule has 1 aromatic carbocycles. The summed E-state index contributed by atoms with van der Waals surface area (Å²) in [5.74, 6) is -4.64. The number of carbonyl (C=O) groups is 3. The Hall–Kier alpha value is -3.63. The lowest BCUT2D eigenvalue weighted by atomic mass is 9.77. The van der Waals surface area contributed by atoms with Gasteiger partial charge in [0.15, 0.2) is 18.7 Å². The third kappa shape index (κ3) is 17.2. The number of aromatic nitrogens is 1. The van der Waals surface area contributed by atoms with Crippen LogP contribution in [-0.4, -0.2) is 229 Å². The number of carboxylic acid groups (broad SMARTS) is 1. The van der Waals surface area contributed by atoms with Crippen LogP contribution in [0.2, 0.25) is 5.02 Å². The molecule has 1 aliphatic carbocycles. The van der Waals surface area contributed by atoms with E-state index >= 15 is 0 Å². The largest absolute Gasteiger partial charge is 0.477 e. The lowest BCUT2D eigenvalue weighted by Gasteiger charge is -2.49. The lowest BCUT2D eigenvalue weighted by Crippen LogP contribution is -2.61. The van der Waals surface area contributed by atoms with Crippen molar-refractivity contribution in [3.05, 3.63) is 39.1 Å². The number of ether oxygens (including phenoxy) is 9. The van der Waals surface area contributed by atoms with Crippen LogP contribution in [0, 0.1) is 17.8 Å². The van der Waals surface area contributed by atoms with E-state index in [1.807, 2.05) is 49.4 Å². The summed E-state index contributed by atoms with van der Waals surface area (Å²) in [5, 5.41) is 64.8. The molecule has 1 saturated carbocycles. The number of hydrogen-bond donors (Lipinski definition) is 7. The Morgan fingerprint density at radius 3 is 2.19 bits per heavy atom. The Kier molecular flexibility index (Phi) is 24.9.